The van der Waals surface area contributed by atoms with E-state index in [1.807, 2.05) is 6.07 Å². The van der Waals surface area contributed by atoms with Gasteiger partial charge in [-0.05, 0) is 6.07 Å². The minimum Gasteiger partial charge on any atom is -0.383 e. The van der Waals surface area contributed by atoms with Gasteiger partial charge in [0.1, 0.15) is 5.69 Å². The van der Waals surface area contributed by atoms with Crippen molar-refractivity contribution in [3.63, 3.8) is 0 Å². The van der Waals surface area contributed by atoms with Gasteiger partial charge < -0.3 is 9.64 Å². The third-order valence-electron chi connectivity index (χ3n) is 2.28. The van der Waals surface area contributed by atoms with E-state index in [9.17, 15) is 4.79 Å². The van der Waals surface area contributed by atoms with Crippen molar-refractivity contribution in [1.29, 1.82) is 5.26 Å². The van der Waals surface area contributed by atoms with E-state index in [1.54, 1.807) is 36.0 Å². The molecular weight excluding hydrogens is 220 g/mol. The topological polar surface area (TPSA) is 71.2 Å². The number of methoxy groups -OCH3 is 1. The van der Waals surface area contributed by atoms with Crippen LogP contribution in [-0.4, -0.2) is 47.4 Å². The Morgan fingerprint density at radius 3 is 2.94 bits per heavy atom. The van der Waals surface area contributed by atoms with Crippen molar-refractivity contribution in [3.8, 4) is 6.07 Å². The van der Waals surface area contributed by atoms with Crippen LogP contribution in [0.25, 0.3) is 0 Å². The van der Waals surface area contributed by atoms with Gasteiger partial charge in [-0.25, -0.2) is 0 Å². The normalized spacial score (nSPS) is 9.94. The highest BCUT2D eigenvalue weighted by Crippen LogP contribution is 2.02. The molecule has 0 bridgehead atoms. The van der Waals surface area contributed by atoms with E-state index in [1.165, 1.54) is 0 Å². The van der Waals surface area contributed by atoms with Crippen LogP contribution in [-0.2, 0) is 11.8 Å². The molecular formula is C11H16N4O2. The highest BCUT2D eigenvalue weighted by molar-refractivity contribution is 5.92. The molecule has 6 heteroatoms. The maximum atomic E-state index is 12.1. The Balaban J connectivity index is 2.68. The zero-order chi connectivity index (χ0) is 12.7. The first-order valence-corrected chi connectivity index (χ1v) is 5.34. The molecule has 1 heterocycles. The second-order valence-electron chi connectivity index (χ2n) is 3.57. The number of hydrogen-bond donors (Lipinski definition) is 0. The number of nitriles is 1. The van der Waals surface area contributed by atoms with Crippen molar-refractivity contribution < 1.29 is 9.53 Å². The van der Waals surface area contributed by atoms with Crippen LogP contribution in [0, 0.1) is 11.3 Å². The fraction of sp³-hybridized carbons (Fsp3) is 0.545. The molecule has 0 aliphatic rings. The van der Waals surface area contributed by atoms with Crippen LogP contribution in [0.15, 0.2) is 12.3 Å². The summed E-state index contributed by atoms with van der Waals surface area (Å²) in [6.07, 6.45) is 2.02. The van der Waals surface area contributed by atoms with Crippen LogP contribution in [0.4, 0.5) is 0 Å². The average Bonchev–Trinajstić information content (AvgIpc) is 2.75. The molecule has 0 unspecified atom stereocenters. The summed E-state index contributed by atoms with van der Waals surface area (Å²) in [6, 6.07) is 3.69. The molecule has 0 aliphatic heterocycles. The maximum absolute atomic E-state index is 12.1. The zero-order valence-electron chi connectivity index (χ0n) is 10.1. The van der Waals surface area contributed by atoms with Crippen LogP contribution >= 0.6 is 0 Å². The lowest BCUT2D eigenvalue weighted by Crippen LogP contribution is -2.35. The molecule has 1 amide bonds. The van der Waals surface area contributed by atoms with Gasteiger partial charge in [0.25, 0.3) is 5.91 Å². The van der Waals surface area contributed by atoms with Gasteiger partial charge in [-0.3, -0.25) is 9.48 Å². The Hall–Kier alpha value is -1.87. The van der Waals surface area contributed by atoms with Crippen molar-refractivity contribution in [1.82, 2.24) is 14.7 Å². The third kappa shape index (κ3) is 3.89. The molecule has 0 aliphatic carbocycles. The third-order valence-corrected chi connectivity index (χ3v) is 2.28. The van der Waals surface area contributed by atoms with Gasteiger partial charge in [0.05, 0.1) is 19.1 Å². The lowest BCUT2D eigenvalue weighted by Gasteiger charge is -2.19. The molecule has 0 atom stereocenters. The first-order valence-electron chi connectivity index (χ1n) is 5.34. The molecule has 1 aromatic heterocycles. The quantitative estimate of drug-likeness (QED) is 0.717. The number of carbonyl (C=O) groups is 1. The molecule has 1 aromatic rings. The summed E-state index contributed by atoms with van der Waals surface area (Å²) in [5, 5.41) is 12.6. The number of carbonyl (C=O) groups excluding carboxylic acids is 1. The lowest BCUT2D eigenvalue weighted by atomic mass is 10.3. The van der Waals surface area contributed by atoms with Crippen LogP contribution in [0.2, 0.25) is 0 Å². The van der Waals surface area contributed by atoms with Gasteiger partial charge in [-0.2, -0.15) is 10.4 Å². The van der Waals surface area contributed by atoms with E-state index in [0.29, 0.717) is 31.8 Å². The zero-order valence-corrected chi connectivity index (χ0v) is 10.1. The van der Waals surface area contributed by atoms with E-state index in [-0.39, 0.29) is 5.91 Å². The molecule has 0 fully saturated rings. The summed E-state index contributed by atoms with van der Waals surface area (Å²) in [5.41, 5.74) is 0.390. The molecule has 6 nitrogen and oxygen atoms in total. The van der Waals surface area contributed by atoms with E-state index in [2.05, 4.69) is 5.10 Å². The second kappa shape index (κ2) is 6.66. The lowest BCUT2D eigenvalue weighted by molar-refractivity contribution is 0.0693. The first-order chi connectivity index (χ1) is 8.19. The molecule has 0 N–H and O–H groups in total. The number of nitrogens with zero attached hydrogens (tertiary/aromatic N) is 4. The fourth-order valence-corrected chi connectivity index (χ4v) is 1.39. The van der Waals surface area contributed by atoms with E-state index in [0.717, 1.165) is 0 Å². The molecule has 0 saturated carbocycles. The van der Waals surface area contributed by atoms with E-state index < -0.39 is 0 Å². The maximum Gasteiger partial charge on any atom is 0.274 e. The average molecular weight is 236 g/mol. The minimum atomic E-state index is -0.169. The molecule has 0 spiro atoms. The molecule has 92 valence electrons. The Morgan fingerprint density at radius 1 is 1.65 bits per heavy atom. The predicted molar refractivity (Wildman–Crippen MR) is 61.2 cm³/mol. The van der Waals surface area contributed by atoms with Crippen LogP contribution < -0.4 is 0 Å². The number of rotatable bonds is 6. The highest BCUT2D eigenvalue weighted by Gasteiger charge is 2.17. The highest BCUT2D eigenvalue weighted by atomic mass is 16.5. The fourth-order valence-electron chi connectivity index (χ4n) is 1.39. The van der Waals surface area contributed by atoms with Gasteiger partial charge >= 0.3 is 0 Å². The van der Waals surface area contributed by atoms with E-state index in [4.69, 9.17) is 10.00 Å². The summed E-state index contributed by atoms with van der Waals surface area (Å²) < 4.78 is 6.52. The van der Waals surface area contributed by atoms with Gasteiger partial charge in [0, 0.05) is 33.4 Å². The summed E-state index contributed by atoms with van der Waals surface area (Å²) in [6.45, 7) is 1.31. The Labute approximate surface area is 100 Å². The van der Waals surface area contributed by atoms with Crippen molar-refractivity contribution in [2.24, 2.45) is 7.05 Å². The summed E-state index contributed by atoms with van der Waals surface area (Å²) >= 11 is 0. The van der Waals surface area contributed by atoms with Gasteiger partial charge in [-0.15, -0.1) is 0 Å². The van der Waals surface area contributed by atoms with Crippen LogP contribution in [0.1, 0.15) is 16.9 Å². The van der Waals surface area contributed by atoms with Crippen LogP contribution in [0.5, 0.6) is 0 Å². The molecule has 1 rings (SSSR count). The first kappa shape index (κ1) is 13.2. The Bertz CT molecular complexity index is 408. The van der Waals surface area contributed by atoms with E-state index >= 15 is 0 Å². The molecule has 0 saturated heterocycles. The van der Waals surface area contributed by atoms with Gasteiger partial charge in [0.15, 0.2) is 0 Å². The van der Waals surface area contributed by atoms with Gasteiger partial charge in [0.2, 0.25) is 0 Å². The Morgan fingerprint density at radius 2 is 2.41 bits per heavy atom. The van der Waals surface area contributed by atoms with Crippen molar-refractivity contribution >= 4 is 5.91 Å². The molecule has 17 heavy (non-hydrogen) atoms. The van der Waals surface area contributed by atoms with Crippen molar-refractivity contribution in [3.05, 3.63) is 18.0 Å². The summed E-state index contributed by atoms with van der Waals surface area (Å²) in [5.74, 6) is -0.169. The molecule has 0 radical (unpaired) electrons. The second-order valence-corrected chi connectivity index (χ2v) is 3.57. The largest absolute Gasteiger partial charge is 0.383 e. The number of aryl methyl sites for hydroxylation is 1. The Kier molecular flexibility index (Phi) is 5.17. The number of aromatic nitrogens is 2. The number of amides is 1. The van der Waals surface area contributed by atoms with Crippen LogP contribution in [0.3, 0.4) is 0 Å². The predicted octanol–water partition coefficient (Wildman–Crippen LogP) is 0.422. The van der Waals surface area contributed by atoms with Gasteiger partial charge in [-0.1, -0.05) is 0 Å². The smallest absolute Gasteiger partial charge is 0.274 e. The standard InChI is InChI=1S/C11H16N4O2/c1-14-7-4-10(13-14)11(16)15(6-3-5-12)8-9-17-2/h4,7H,3,6,8-9H2,1-2H3. The SMILES string of the molecule is COCCN(CCC#N)C(=O)c1ccn(C)n1. The monoisotopic (exact) mass is 236 g/mol. The number of ether oxygens (including phenoxy) is 1. The summed E-state index contributed by atoms with van der Waals surface area (Å²) in [7, 11) is 3.33. The summed E-state index contributed by atoms with van der Waals surface area (Å²) in [4.78, 5) is 13.6. The molecule has 0 aromatic carbocycles. The number of hydrogen-bond acceptors (Lipinski definition) is 4. The minimum absolute atomic E-state index is 0.169. The van der Waals surface area contributed by atoms with Crippen molar-refractivity contribution in [2.45, 2.75) is 6.42 Å². The van der Waals surface area contributed by atoms with Crippen molar-refractivity contribution in [2.75, 3.05) is 26.8 Å².